The first-order valence-electron chi connectivity index (χ1n) is 6.28. The van der Waals surface area contributed by atoms with Gasteiger partial charge in [-0.05, 0) is 43.5 Å². The Morgan fingerprint density at radius 2 is 2.17 bits per heavy atom. The molecule has 1 aliphatic heterocycles. The molecule has 1 fully saturated rings. The fraction of sp³-hybridized carbons (Fsp3) is 0.500. The first kappa shape index (κ1) is 12.9. The molecule has 0 aromatic heterocycles. The van der Waals surface area contributed by atoms with Gasteiger partial charge in [0.05, 0.1) is 13.7 Å². The number of rotatable bonds is 5. The number of methoxy groups -OCH3 is 1. The van der Waals surface area contributed by atoms with Gasteiger partial charge in [0.2, 0.25) is 0 Å². The molecule has 1 atom stereocenters. The average Bonchev–Trinajstić information content (AvgIpc) is 2.77. The minimum Gasteiger partial charge on any atom is -0.497 e. The summed E-state index contributed by atoms with van der Waals surface area (Å²) in [5.41, 5.74) is 1.23. The van der Waals surface area contributed by atoms with Gasteiger partial charge in [0.15, 0.2) is 0 Å². The number of likely N-dealkylation sites (tertiary alicyclic amines) is 1. The van der Waals surface area contributed by atoms with Crippen LogP contribution in [0.5, 0.6) is 5.75 Å². The van der Waals surface area contributed by atoms with E-state index in [0.717, 1.165) is 31.6 Å². The van der Waals surface area contributed by atoms with Gasteiger partial charge in [-0.1, -0.05) is 12.1 Å². The Kier molecular flexibility index (Phi) is 4.20. The molecule has 0 aliphatic carbocycles. The lowest BCUT2D eigenvalue weighted by molar-refractivity contribution is -0.138. The molecule has 1 heterocycles. The maximum atomic E-state index is 10.8. The van der Waals surface area contributed by atoms with E-state index in [0.29, 0.717) is 6.04 Å². The van der Waals surface area contributed by atoms with E-state index in [2.05, 4.69) is 17.0 Å². The zero-order chi connectivity index (χ0) is 13.0. The van der Waals surface area contributed by atoms with Crippen LogP contribution < -0.4 is 4.74 Å². The summed E-state index contributed by atoms with van der Waals surface area (Å²) in [6.45, 7) is 1.05. The van der Waals surface area contributed by atoms with Crippen LogP contribution in [0.25, 0.3) is 0 Å². The molecule has 1 aromatic carbocycles. The van der Waals surface area contributed by atoms with Gasteiger partial charge in [-0.2, -0.15) is 0 Å². The molecule has 1 aromatic rings. The predicted octanol–water partition coefficient (Wildman–Crippen LogP) is 1.79. The van der Waals surface area contributed by atoms with Crippen molar-refractivity contribution in [3.05, 3.63) is 29.8 Å². The third kappa shape index (κ3) is 3.23. The predicted molar refractivity (Wildman–Crippen MR) is 68.9 cm³/mol. The maximum Gasteiger partial charge on any atom is 0.317 e. The van der Waals surface area contributed by atoms with Gasteiger partial charge in [0.1, 0.15) is 5.75 Å². The topological polar surface area (TPSA) is 49.8 Å². The molecule has 1 aliphatic rings. The standard InChI is InChI=1S/C14H19NO3/c1-18-13-6-4-11(5-7-13)9-12-3-2-8-15(12)10-14(16)17/h4-7,12H,2-3,8-10H2,1H3,(H,16,17). The second-order valence-electron chi connectivity index (χ2n) is 4.71. The van der Waals surface area contributed by atoms with Gasteiger partial charge in [0, 0.05) is 6.04 Å². The number of nitrogens with zero attached hydrogens (tertiary/aromatic N) is 1. The van der Waals surface area contributed by atoms with E-state index < -0.39 is 5.97 Å². The van der Waals surface area contributed by atoms with E-state index in [4.69, 9.17) is 9.84 Å². The molecule has 0 amide bonds. The summed E-state index contributed by atoms with van der Waals surface area (Å²) in [4.78, 5) is 12.8. The molecule has 1 unspecified atom stereocenters. The van der Waals surface area contributed by atoms with Crippen molar-refractivity contribution < 1.29 is 14.6 Å². The number of hydrogen-bond donors (Lipinski definition) is 1. The lowest BCUT2D eigenvalue weighted by atomic mass is 10.0. The van der Waals surface area contributed by atoms with Crippen molar-refractivity contribution >= 4 is 5.97 Å². The van der Waals surface area contributed by atoms with Gasteiger partial charge >= 0.3 is 5.97 Å². The van der Waals surface area contributed by atoms with Crippen LogP contribution in [0.3, 0.4) is 0 Å². The van der Waals surface area contributed by atoms with E-state index in [1.165, 1.54) is 5.56 Å². The molecule has 0 spiro atoms. The Hall–Kier alpha value is -1.55. The fourth-order valence-corrected chi connectivity index (χ4v) is 2.54. The Morgan fingerprint density at radius 3 is 2.78 bits per heavy atom. The zero-order valence-corrected chi connectivity index (χ0v) is 10.6. The van der Waals surface area contributed by atoms with Crippen molar-refractivity contribution in [3.63, 3.8) is 0 Å². The van der Waals surface area contributed by atoms with E-state index in [1.54, 1.807) is 7.11 Å². The summed E-state index contributed by atoms with van der Waals surface area (Å²) in [5, 5.41) is 8.87. The fourth-order valence-electron chi connectivity index (χ4n) is 2.54. The number of carboxylic acids is 1. The Morgan fingerprint density at radius 1 is 1.44 bits per heavy atom. The normalized spacial score (nSPS) is 19.9. The highest BCUT2D eigenvalue weighted by Gasteiger charge is 2.25. The number of carbonyl (C=O) groups is 1. The van der Waals surface area contributed by atoms with Gasteiger partial charge in [0.25, 0.3) is 0 Å². The zero-order valence-electron chi connectivity index (χ0n) is 10.6. The van der Waals surface area contributed by atoms with Crippen LogP contribution >= 0.6 is 0 Å². The minimum atomic E-state index is -0.739. The van der Waals surface area contributed by atoms with Gasteiger partial charge in [-0.15, -0.1) is 0 Å². The Labute approximate surface area is 107 Å². The lowest BCUT2D eigenvalue weighted by Crippen LogP contribution is -2.35. The van der Waals surface area contributed by atoms with Crippen molar-refractivity contribution in [1.82, 2.24) is 4.90 Å². The van der Waals surface area contributed by atoms with Crippen LogP contribution in [-0.4, -0.2) is 42.2 Å². The third-order valence-corrected chi connectivity index (χ3v) is 3.47. The number of benzene rings is 1. The quantitative estimate of drug-likeness (QED) is 0.864. The summed E-state index contributed by atoms with van der Waals surface area (Å²) in [6, 6.07) is 8.36. The van der Waals surface area contributed by atoms with E-state index >= 15 is 0 Å². The molecule has 0 saturated carbocycles. The van der Waals surface area contributed by atoms with E-state index in [-0.39, 0.29) is 6.54 Å². The summed E-state index contributed by atoms with van der Waals surface area (Å²) in [6.07, 6.45) is 3.09. The number of aliphatic carboxylic acids is 1. The first-order valence-corrected chi connectivity index (χ1v) is 6.28. The number of ether oxygens (including phenoxy) is 1. The Bertz CT molecular complexity index is 402. The van der Waals surface area contributed by atoms with Gasteiger partial charge in [-0.25, -0.2) is 0 Å². The molecule has 18 heavy (non-hydrogen) atoms. The third-order valence-electron chi connectivity index (χ3n) is 3.47. The first-order chi connectivity index (χ1) is 8.69. The molecule has 0 radical (unpaired) electrons. The van der Waals surface area contributed by atoms with Crippen LogP contribution in [0, 0.1) is 0 Å². The second kappa shape index (κ2) is 5.87. The number of carboxylic acid groups (broad SMARTS) is 1. The molecule has 1 saturated heterocycles. The van der Waals surface area contributed by atoms with Crippen LogP contribution in [0.2, 0.25) is 0 Å². The molecule has 98 valence electrons. The lowest BCUT2D eigenvalue weighted by Gasteiger charge is -2.22. The highest BCUT2D eigenvalue weighted by molar-refractivity contribution is 5.69. The summed E-state index contributed by atoms with van der Waals surface area (Å²) in [5.74, 6) is 0.115. The molecule has 2 rings (SSSR count). The second-order valence-corrected chi connectivity index (χ2v) is 4.71. The van der Waals surface area contributed by atoms with Crippen LogP contribution in [-0.2, 0) is 11.2 Å². The average molecular weight is 249 g/mol. The number of hydrogen-bond acceptors (Lipinski definition) is 3. The smallest absolute Gasteiger partial charge is 0.317 e. The molecular formula is C14H19NO3. The maximum absolute atomic E-state index is 10.8. The van der Waals surface area contributed by atoms with Crippen LogP contribution in [0.1, 0.15) is 18.4 Å². The Balaban J connectivity index is 1.96. The monoisotopic (exact) mass is 249 g/mol. The van der Waals surface area contributed by atoms with Crippen molar-refractivity contribution in [3.8, 4) is 5.75 Å². The van der Waals surface area contributed by atoms with Crippen LogP contribution in [0.15, 0.2) is 24.3 Å². The summed E-state index contributed by atoms with van der Waals surface area (Å²) >= 11 is 0. The molecule has 4 heteroatoms. The van der Waals surface area contributed by atoms with E-state index in [9.17, 15) is 4.79 Å². The highest BCUT2D eigenvalue weighted by atomic mass is 16.5. The largest absolute Gasteiger partial charge is 0.497 e. The van der Waals surface area contributed by atoms with Crippen LogP contribution in [0.4, 0.5) is 0 Å². The molecular weight excluding hydrogens is 230 g/mol. The highest BCUT2D eigenvalue weighted by Crippen LogP contribution is 2.22. The van der Waals surface area contributed by atoms with Gasteiger partial charge in [-0.3, -0.25) is 9.69 Å². The molecule has 1 N–H and O–H groups in total. The summed E-state index contributed by atoms with van der Waals surface area (Å²) < 4.78 is 5.12. The SMILES string of the molecule is COc1ccc(CC2CCCN2CC(=O)O)cc1. The van der Waals surface area contributed by atoms with Gasteiger partial charge < -0.3 is 9.84 Å². The van der Waals surface area contributed by atoms with Crippen molar-refractivity contribution in [2.45, 2.75) is 25.3 Å². The summed E-state index contributed by atoms with van der Waals surface area (Å²) in [7, 11) is 1.65. The minimum absolute atomic E-state index is 0.154. The van der Waals surface area contributed by atoms with E-state index in [1.807, 2.05) is 12.1 Å². The molecule has 0 bridgehead atoms. The van der Waals surface area contributed by atoms with Crippen molar-refractivity contribution in [1.29, 1.82) is 0 Å². The molecule has 4 nitrogen and oxygen atoms in total. The van der Waals surface area contributed by atoms with Crippen molar-refractivity contribution in [2.24, 2.45) is 0 Å². The van der Waals surface area contributed by atoms with Crippen molar-refractivity contribution in [2.75, 3.05) is 20.2 Å².